The minimum atomic E-state index is -3.75. The second-order valence-corrected chi connectivity index (χ2v) is 6.00. The molecule has 6 nitrogen and oxygen atoms in total. The number of alkyl carbamates (subject to hydrolysis) is 1. The second-order valence-electron chi connectivity index (χ2n) is 4.44. The Hall–Kier alpha value is -1.60. The van der Waals surface area contributed by atoms with Gasteiger partial charge in [0.15, 0.2) is 0 Å². The van der Waals surface area contributed by atoms with Gasteiger partial charge in [-0.25, -0.2) is 18.4 Å². The van der Waals surface area contributed by atoms with Crippen LogP contribution < -0.4 is 10.5 Å². The number of amides is 1. The molecule has 19 heavy (non-hydrogen) atoms. The fraction of sp³-hybridized carbons (Fsp3) is 0.417. The monoisotopic (exact) mass is 286 g/mol. The first-order valence-electron chi connectivity index (χ1n) is 5.80. The van der Waals surface area contributed by atoms with Gasteiger partial charge in [0.05, 0.1) is 17.0 Å². The molecule has 0 bridgehead atoms. The van der Waals surface area contributed by atoms with E-state index in [1.54, 1.807) is 32.9 Å². The molecule has 1 atom stereocenters. The Balaban J connectivity index is 2.83. The van der Waals surface area contributed by atoms with Crippen molar-refractivity contribution in [1.29, 1.82) is 0 Å². The minimum absolute atomic E-state index is 0.0101. The summed E-state index contributed by atoms with van der Waals surface area (Å²) in [6.45, 7) is 5.21. The molecule has 1 aromatic carbocycles. The second kappa shape index (κ2) is 6.03. The van der Waals surface area contributed by atoms with Gasteiger partial charge in [0.2, 0.25) is 10.0 Å². The molecule has 0 aromatic heterocycles. The molecule has 7 heteroatoms. The lowest BCUT2D eigenvalue weighted by atomic mass is 10.1. The Morgan fingerprint density at radius 1 is 1.32 bits per heavy atom. The smallest absolute Gasteiger partial charge is 0.407 e. The van der Waals surface area contributed by atoms with Crippen molar-refractivity contribution < 1.29 is 17.9 Å². The summed E-state index contributed by atoms with van der Waals surface area (Å²) in [5.41, 5.74) is 0.632. The van der Waals surface area contributed by atoms with Gasteiger partial charge in [-0.2, -0.15) is 0 Å². The average molecular weight is 286 g/mol. The van der Waals surface area contributed by atoms with Gasteiger partial charge < -0.3 is 10.1 Å². The van der Waals surface area contributed by atoms with Gasteiger partial charge in [-0.15, -0.1) is 0 Å². The fourth-order valence-electron chi connectivity index (χ4n) is 1.47. The summed E-state index contributed by atoms with van der Waals surface area (Å²) in [4.78, 5) is 11.5. The zero-order valence-electron chi connectivity index (χ0n) is 11.1. The van der Waals surface area contributed by atoms with Crippen LogP contribution in [0.2, 0.25) is 0 Å². The highest BCUT2D eigenvalue weighted by Crippen LogP contribution is 2.16. The molecule has 0 saturated heterocycles. The highest BCUT2D eigenvalue weighted by molar-refractivity contribution is 7.89. The number of nitrogens with one attached hydrogen (secondary N) is 1. The number of hydrogen-bond acceptors (Lipinski definition) is 4. The van der Waals surface area contributed by atoms with Crippen LogP contribution in [0, 0.1) is 0 Å². The Kier molecular flexibility index (Phi) is 4.90. The Labute approximate surface area is 113 Å². The average Bonchev–Trinajstić information content (AvgIpc) is 2.26. The molecule has 0 fully saturated rings. The number of benzene rings is 1. The van der Waals surface area contributed by atoms with E-state index in [-0.39, 0.29) is 17.0 Å². The van der Waals surface area contributed by atoms with E-state index in [0.29, 0.717) is 5.56 Å². The molecule has 0 saturated carbocycles. The van der Waals surface area contributed by atoms with Gasteiger partial charge in [-0.1, -0.05) is 12.1 Å². The van der Waals surface area contributed by atoms with Gasteiger partial charge in [0.1, 0.15) is 0 Å². The quantitative estimate of drug-likeness (QED) is 0.876. The molecular weight excluding hydrogens is 268 g/mol. The van der Waals surface area contributed by atoms with Crippen molar-refractivity contribution in [2.24, 2.45) is 5.14 Å². The number of primary sulfonamides is 1. The zero-order chi connectivity index (χ0) is 14.6. The number of ether oxygens (including phenoxy) is 1. The molecule has 1 amide bonds. The van der Waals surface area contributed by atoms with Crippen LogP contribution in [0.4, 0.5) is 4.79 Å². The van der Waals surface area contributed by atoms with E-state index in [2.05, 4.69) is 5.32 Å². The van der Waals surface area contributed by atoms with Crippen molar-refractivity contribution >= 4 is 16.1 Å². The van der Waals surface area contributed by atoms with Gasteiger partial charge >= 0.3 is 6.09 Å². The highest BCUT2D eigenvalue weighted by atomic mass is 32.2. The van der Waals surface area contributed by atoms with Crippen LogP contribution in [0.25, 0.3) is 0 Å². The first-order valence-corrected chi connectivity index (χ1v) is 7.34. The van der Waals surface area contributed by atoms with Crippen molar-refractivity contribution in [2.75, 3.05) is 0 Å². The highest BCUT2D eigenvalue weighted by Gasteiger charge is 2.14. The number of carbonyl (C=O) groups excluding carboxylic acids is 1. The van der Waals surface area contributed by atoms with Crippen LogP contribution >= 0.6 is 0 Å². The maximum absolute atomic E-state index is 11.4. The van der Waals surface area contributed by atoms with Crippen LogP contribution in [-0.4, -0.2) is 20.6 Å². The first kappa shape index (κ1) is 15.5. The molecule has 1 rings (SSSR count). The first-order chi connectivity index (χ1) is 8.70. The Bertz CT molecular complexity index is 555. The lowest BCUT2D eigenvalue weighted by Gasteiger charge is -2.16. The summed E-state index contributed by atoms with van der Waals surface area (Å²) >= 11 is 0. The van der Waals surface area contributed by atoms with E-state index in [1.165, 1.54) is 12.1 Å². The largest absolute Gasteiger partial charge is 0.447 e. The summed E-state index contributed by atoms with van der Waals surface area (Å²) in [5, 5.41) is 7.66. The standard InChI is InChI=1S/C12H18N2O4S/c1-8(2)18-12(15)14-9(3)10-5-4-6-11(7-10)19(13,16)17/h4-9H,1-3H3,(H,14,15)(H2,13,16,17). The molecule has 106 valence electrons. The summed E-state index contributed by atoms with van der Waals surface area (Å²) in [5.74, 6) is 0. The van der Waals surface area contributed by atoms with Gasteiger partial charge in [-0.05, 0) is 38.5 Å². The third kappa shape index (κ3) is 4.88. The molecule has 0 aliphatic heterocycles. The van der Waals surface area contributed by atoms with Crippen LogP contribution in [0.15, 0.2) is 29.2 Å². The summed E-state index contributed by atoms with van der Waals surface area (Å²) < 4.78 is 27.4. The molecule has 1 unspecified atom stereocenters. The molecule has 3 N–H and O–H groups in total. The van der Waals surface area contributed by atoms with E-state index < -0.39 is 16.1 Å². The zero-order valence-corrected chi connectivity index (χ0v) is 11.9. The molecule has 0 aliphatic carbocycles. The van der Waals surface area contributed by atoms with Crippen LogP contribution in [0.5, 0.6) is 0 Å². The van der Waals surface area contributed by atoms with Gasteiger partial charge in [0.25, 0.3) is 0 Å². The van der Waals surface area contributed by atoms with Crippen molar-refractivity contribution in [3.05, 3.63) is 29.8 Å². The molecule has 0 radical (unpaired) electrons. The van der Waals surface area contributed by atoms with Crippen LogP contribution in [-0.2, 0) is 14.8 Å². The van der Waals surface area contributed by atoms with E-state index in [0.717, 1.165) is 0 Å². The number of carbonyl (C=O) groups is 1. The number of sulfonamides is 1. The number of rotatable bonds is 4. The SMILES string of the molecule is CC(C)OC(=O)NC(C)c1cccc(S(N)(=O)=O)c1. The predicted octanol–water partition coefficient (Wildman–Crippen LogP) is 1.53. The number of nitrogens with two attached hydrogens (primary N) is 1. The molecule has 0 aliphatic rings. The predicted molar refractivity (Wildman–Crippen MR) is 71.0 cm³/mol. The van der Waals surface area contributed by atoms with Crippen LogP contribution in [0.3, 0.4) is 0 Å². The van der Waals surface area contributed by atoms with E-state index in [9.17, 15) is 13.2 Å². The maximum atomic E-state index is 11.4. The summed E-state index contributed by atoms with van der Waals surface area (Å²) in [6.07, 6.45) is -0.772. The van der Waals surface area contributed by atoms with Gasteiger partial charge in [-0.3, -0.25) is 0 Å². The van der Waals surface area contributed by atoms with Crippen molar-refractivity contribution in [1.82, 2.24) is 5.32 Å². The number of hydrogen-bond donors (Lipinski definition) is 2. The van der Waals surface area contributed by atoms with Crippen molar-refractivity contribution in [3.63, 3.8) is 0 Å². The van der Waals surface area contributed by atoms with Crippen molar-refractivity contribution in [3.8, 4) is 0 Å². The molecular formula is C12H18N2O4S. The van der Waals surface area contributed by atoms with Crippen LogP contribution in [0.1, 0.15) is 32.4 Å². The molecule has 0 spiro atoms. The normalized spacial score (nSPS) is 13.1. The Morgan fingerprint density at radius 3 is 2.47 bits per heavy atom. The third-order valence-electron chi connectivity index (χ3n) is 2.36. The summed E-state index contributed by atoms with van der Waals surface area (Å²) in [6, 6.07) is 5.72. The third-order valence-corrected chi connectivity index (χ3v) is 3.27. The fourth-order valence-corrected chi connectivity index (χ4v) is 2.04. The maximum Gasteiger partial charge on any atom is 0.407 e. The lowest BCUT2D eigenvalue weighted by molar-refractivity contribution is 0.113. The van der Waals surface area contributed by atoms with E-state index >= 15 is 0 Å². The summed E-state index contributed by atoms with van der Waals surface area (Å²) in [7, 11) is -3.75. The Morgan fingerprint density at radius 2 is 1.95 bits per heavy atom. The minimum Gasteiger partial charge on any atom is -0.447 e. The van der Waals surface area contributed by atoms with E-state index in [1.807, 2.05) is 0 Å². The van der Waals surface area contributed by atoms with Gasteiger partial charge in [0, 0.05) is 0 Å². The molecule has 1 aromatic rings. The molecule has 0 heterocycles. The topological polar surface area (TPSA) is 98.5 Å². The lowest BCUT2D eigenvalue weighted by Crippen LogP contribution is -2.29. The van der Waals surface area contributed by atoms with E-state index in [4.69, 9.17) is 9.88 Å². The van der Waals surface area contributed by atoms with Crippen molar-refractivity contribution in [2.45, 2.75) is 37.8 Å².